The first-order valence-electron chi connectivity index (χ1n) is 10.6. The van der Waals surface area contributed by atoms with Gasteiger partial charge in [-0.15, -0.1) is 24.0 Å². The normalized spacial score (nSPS) is 19.7. The van der Waals surface area contributed by atoms with Crippen LogP contribution in [-0.2, 0) is 24.0 Å². The Morgan fingerprint density at radius 3 is 2.77 bits per heavy atom. The second kappa shape index (κ2) is 13.7. The number of pyridine rings is 1. The van der Waals surface area contributed by atoms with Crippen LogP contribution in [0.5, 0.6) is 5.88 Å². The van der Waals surface area contributed by atoms with Crippen LogP contribution in [-0.4, -0.2) is 39.2 Å². The van der Waals surface area contributed by atoms with E-state index < -0.39 is 10.8 Å². The Kier molecular flexibility index (Phi) is 11.3. The van der Waals surface area contributed by atoms with Crippen LogP contribution >= 0.6 is 24.0 Å². The summed E-state index contributed by atoms with van der Waals surface area (Å²) < 4.78 is 18.0. The van der Waals surface area contributed by atoms with Crippen molar-refractivity contribution in [3.05, 3.63) is 59.8 Å². The van der Waals surface area contributed by atoms with Gasteiger partial charge in [0.2, 0.25) is 5.88 Å². The minimum absolute atomic E-state index is 0. The summed E-state index contributed by atoms with van der Waals surface area (Å²) in [4.78, 5) is 8.66. The van der Waals surface area contributed by atoms with E-state index in [1.54, 1.807) is 13.2 Å². The van der Waals surface area contributed by atoms with Crippen LogP contribution in [0.3, 0.4) is 0 Å². The van der Waals surface area contributed by atoms with Gasteiger partial charge in [-0.25, -0.2) is 4.98 Å². The summed E-state index contributed by atoms with van der Waals surface area (Å²) >= 11 is 0. The molecule has 0 saturated heterocycles. The Balaban J connectivity index is 0.00000341. The van der Waals surface area contributed by atoms with Gasteiger partial charge in [-0.3, -0.25) is 9.20 Å². The largest absolute Gasteiger partial charge is 0.473 e. The predicted molar refractivity (Wildman–Crippen MR) is 138 cm³/mol. The van der Waals surface area contributed by atoms with Crippen LogP contribution in [0.2, 0.25) is 0 Å². The van der Waals surface area contributed by atoms with Crippen molar-refractivity contribution >= 4 is 40.7 Å². The molecule has 1 aliphatic carbocycles. The van der Waals surface area contributed by atoms with Crippen LogP contribution in [0.1, 0.15) is 43.7 Å². The van der Waals surface area contributed by atoms with Gasteiger partial charge in [-0.05, 0) is 36.5 Å². The van der Waals surface area contributed by atoms with Crippen LogP contribution in [0.25, 0.3) is 0 Å². The Hall–Kier alpha value is -1.68. The van der Waals surface area contributed by atoms with E-state index in [9.17, 15) is 4.21 Å². The van der Waals surface area contributed by atoms with E-state index in [1.165, 1.54) is 0 Å². The summed E-state index contributed by atoms with van der Waals surface area (Å²) in [6.45, 7) is 3.12. The molecule has 0 radical (unpaired) electrons. The number of ether oxygens (including phenoxy) is 1. The summed E-state index contributed by atoms with van der Waals surface area (Å²) in [6, 6.07) is 14.3. The lowest BCUT2D eigenvalue weighted by Gasteiger charge is -2.30. The number of aliphatic imine (C=N–C) groups is 1. The van der Waals surface area contributed by atoms with Crippen molar-refractivity contribution in [2.24, 2.45) is 4.99 Å². The summed E-state index contributed by atoms with van der Waals surface area (Å²) in [5, 5.41) is 7.17. The number of aromatic nitrogens is 1. The first-order valence-corrected chi connectivity index (χ1v) is 12.0. The fourth-order valence-corrected chi connectivity index (χ4v) is 5.04. The van der Waals surface area contributed by atoms with Gasteiger partial charge in [0.1, 0.15) is 6.61 Å². The third kappa shape index (κ3) is 8.40. The Morgan fingerprint density at radius 2 is 2.03 bits per heavy atom. The third-order valence-corrected chi connectivity index (χ3v) is 7.08. The molecule has 31 heavy (non-hydrogen) atoms. The maximum atomic E-state index is 12.2. The average molecular weight is 557 g/mol. The van der Waals surface area contributed by atoms with Crippen molar-refractivity contribution in [3.8, 4) is 5.88 Å². The molecule has 1 heterocycles. The van der Waals surface area contributed by atoms with Crippen molar-refractivity contribution < 1.29 is 8.95 Å². The monoisotopic (exact) mass is 556 g/mol. The second-order valence-electron chi connectivity index (χ2n) is 7.50. The summed E-state index contributed by atoms with van der Waals surface area (Å²) in [6.07, 6.45) is 5.96. The van der Waals surface area contributed by atoms with Gasteiger partial charge in [-0.1, -0.05) is 43.7 Å². The quantitative estimate of drug-likeness (QED) is 0.292. The average Bonchev–Trinajstić information content (AvgIpc) is 2.81. The zero-order valence-electron chi connectivity index (χ0n) is 18.3. The molecular weight excluding hydrogens is 523 g/mol. The molecule has 3 atom stereocenters. The number of halogens is 1. The van der Waals surface area contributed by atoms with Gasteiger partial charge in [0.25, 0.3) is 0 Å². The van der Waals surface area contributed by atoms with Gasteiger partial charge in [-0.2, -0.15) is 0 Å². The predicted octanol–water partition coefficient (Wildman–Crippen LogP) is 4.02. The molecule has 6 nitrogen and oxygen atoms in total. The van der Waals surface area contributed by atoms with E-state index in [-0.39, 0.29) is 24.0 Å². The topological polar surface area (TPSA) is 75.6 Å². The summed E-state index contributed by atoms with van der Waals surface area (Å²) in [5.74, 6) is 2.12. The van der Waals surface area contributed by atoms with Crippen LogP contribution in [0.4, 0.5) is 0 Å². The molecule has 3 unspecified atom stereocenters. The molecular formula is C23H33IN4O2S. The van der Waals surface area contributed by atoms with Crippen LogP contribution in [0, 0.1) is 0 Å². The molecule has 0 spiro atoms. The first-order chi connectivity index (χ1) is 14.7. The van der Waals surface area contributed by atoms with Crippen molar-refractivity contribution in [3.63, 3.8) is 0 Å². The molecule has 3 rings (SSSR count). The number of nitrogens with one attached hydrogen (secondary N) is 2. The lowest BCUT2D eigenvalue weighted by atomic mass is 9.95. The van der Waals surface area contributed by atoms with E-state index in [4.69, 9.17) is 4.74 Å². The molecule has 0 bridgehead atoms. The number of hydrogen-bond acceptors (Lipinski definition) is 4. The molecule has 8 heteroatoms. The van der Waals surface area contributed by atoms with Crippen molar-refractivity contribution in [2.75, 3.05) is 12.8 Å². The van der Waals surface area contributed by atoms with Crippen LogP contribution in [0.15, 0.2) is 53.7 Å². The fraction of sp³-hybridized carbons (Fsp3) is 0.478. The van der Waals surface area contributed by atoms with E-state index in [1.807, 2.05) is 49.4 Å². The molecule has 1 aromatic heterocycles. The summed E-state index contributed by atoms with van der Waals surface area (Å²) in [7, 11) is 1.05. The Morgan fingerprint density at radius 1 is 1.23 bits per heavy atom. The number of nitrogens with zero attached hydrogens (tertiary/aromatic N) is 2. The molecule has 170 valence electrons. The minimum atomic E-state index is -0.724. The minimum Gasteiger partial charge on any atom is -0.473 e. The van der Waals surface area contributed by atoms with Crippen molar-refractivity contribution in [1.29, 1.82) is 0 Å². The molecule has 2 N–H and O–H groups in total. The lowest BCUT2D eigenvalue weighted by molar-refractivity contribution is 0.293. The van der Waals surface area contributed by atoms with Gasteiger partial charge in [0, 0.05) is 53.7 Å². The smallest absolute Gasteiger partial charge is 0.213 e. The first kappa shape index (κ1) is 25.6. The number of rotatable bonds is 8. The highest BCUT2D eigenvalue weighted by atomic mass is 127. The van der Waals surface area contributed by atoms with Crippen molar-refractivity contribution in [1.82, 2.24) is 15.6 Å². The van der Waals surface area contributed by atoms with Crippen molar-refractivity contribution in [2.45, 2.75) is 57.1 Å². The molecule has 1 aliphatic rings. The van der Waals surface area contributed by atoms with Gasteiger partial charge >= 0.3 is 0 Å². The molecule has 0 aliphatic heterocycles. The number of guanidine groups is 1. The van der Waals surface area contributed by atoms with E-state index >= 15 is 0 Å². The van der Waals surface area contributed by atoms with Crippen LogP contribution < -0.4 is 15.4 Å². The summed E-state index contributed by atoms with van der Waals surface area (Å²) in [5.41, 5.74) is 2.19. The molecule has 1 aromatic carbocycles. The molecule has 1 saturated carbocycles. The molecule has 0 amide bonds. The Bertz CT molecular complexity index is 850. The third-order valence-electron chi connectivity index (χ3n) is 5.34. The van der Waals surface area contributed by atoms with E-state index in [0.717, 1.165) is 48.5 Å². The highest BCUT2D eigenvalue weighted by Gasteiger charge is 2.26. The number of hydrogen-bond donors (Lipinski definition) is 2. The highest BCUT2D eigenvalue weighted by Crippen LogP contribution is 2.23. The second-order valence-corrected chi connectivity index (χ2v) is 9.51. The SMILES string of the molecule is CCS(=O)C1CCCC(NC(=NC)NCc2ccnc(OCc3ccccc3)c2)C1.I. The maximum absolute atomic E-state index is 12.2. The maximum Gasteiger partial charge on any atom is 0.213 e. The zero-order valence-corrected chi connectivity index (χ0v) is 21.4. The molecule has 1 fully saturated rings. The van der Waals surface area contributed by atoms with E-state index in [2.05, 4.69) is 20.6 Å². The van der Waals surface area contributed by atoms with Gasteiger partial charge in [0.05, 0.1) is 0 Å². The number of benzene rings is 1. The molecule has 2 aromatic rings. The highest BCUT2D eigenvalue weighted by molar-refractivity contribution is 14.0. The van der Waals surface area contributed by atoms with Gasteiger partial charge in [0.15, 0.2) is 5.96 Å². The zero-order chi connectivity index (χ0) is 21.2. The fourth-order valence-electron chi connectivity index (χ4n) is 3.70. The van der Waals surface area contributed by atoms with E-state index in [0.29, 0.717) is 30.3 Å². The Labute approximate surface area is 205 Å². The standard InChI is InChI=1S/C23H32N4O2S.HI/c1-3-30(28)21-11-7-10-20(15-21)27-23(24-2)26-16-19-12-13-25-22(14-19)29-17-18-8-5-4-6-9-18;/h4-6,8-9,12-14,20-21H,3,7,10-11,15-17H2,1-2H3,(H2,24,26,27);1H. The van der Waals surface area contributed by atoms with Gasteiger partial charge < -0.3 is 15.4 Å². The lowest BCUT2D eigenvalue weighted by Crippen LogP contribution is -2.46.